The number of nitrogens with one attached hydrogen (secondary N) is 1. The third kappa shape index (κ3) is 4.10. The van der Waals surface area contributed by atoms with Crippen LogP contribution in [0.2, 0.25) is 0 Å². The van der Waals surface area contributed by atoms with E-state index in [1.54, 1.807) is 38.2 Å². The van der Waals surface area contributed by atoms with Crippen LogP contribution in [0.4, 0.5) is 14.9 Å². The molecule has 1 aromatic heterocycles. The summed E-state index contributed by atoms with van der Waals surface area (Å²) in [7, 11) is 3.18. The van der Waals surface area contributed by atoms with Crippen LogP contribution in [0.15, 0.2) is 79.0 Å². The van der Waals surface area contributed by atoms with E-state index in [1.807, 2.05) is 60.8 Å². The topological polar surface area (TPSA) is 55.7 Å². The zero-order valence-corrected chi connectivity index (χ0v) is 19.8. The van der Waals surface area contributed by atoms with Crippen LogP contribution < -0.4 is 14.8 Å². The largest absolute Gasteiger partial charge is 0.493 e. The van der Waals surface area contributed by atoms with Crippen molar-refractivity contribution in [3.8, 4) is 17.2 Å². The Labute approximate surface area is 203 Å². The number of rotatable bonds is 4. The van der Waals surface area contributed by atoms with E-state index in [9.17, 15) is 9.18 Å². The first kappa shape index (κ1) is 22.5. The van der Waals surface area contributed by atoms with Gasteiger partial charge in [0.25, 0.3) is 0 Å². The average molecular weight is 472 g/mol. The van der Waals surface area contributed by atoms with Crippen LogP contribution in [-0.2, 0) is 6.54 Å². The summed E-state index contributed by atoms with van der Waals surface area (Å²) in [6, 6.07) is 21.6. The number of hydrogen-bond donors (Lipinski definition) is 1. The lowest BCUT2D eigenvalue weighted by Gasteiger charge is -2.31. The summed E-state index contributed by atoms with van der Waals surface area (Å²) < 4.78 is 27.3. The minimum atomic E-state index is -0.437. The highest BCUT2D eigenvalue weighted by Crippen LogP contribution is 2.39. The molecule has 1 aliphatic rings. The number of fused-ring (bicyclic) bond motifs is 3. The lowest BCUT2D eigenvalue weighted by Crippen LogP contribution is -2.38. The van der Waals surface area contributed by atoms with Gasteiger partial charge in [-0.3, -0.25) is 0 Å². The second kappa shape index (κ2) is 9.18. The van der Waals surface area contributed by atoms with E-state index in [0.717, 1.165) is 22.5 Å². The number of aryl methyl sites for hydroxylation is 1. The first-order valence-corrected chi connectivity index (χ1v) is 11.3. The van der Waals surface area contributed by atoms with E-state index < -0.39 is 6.04 Å². The molecule has 35 heavy (non-hydrogen) atoms. The molecule has 3 aromatic carbocycles. The number of nitrogens with zero attached hydrogens (tertiary/aromatic N) is 2. The highest BCUT2D eigenvalue weighted by Gasteiger charge is 2.33. The molecule has 4 aromatic rings. The van der Waals surface area contributed by atoms with Crippen molar-refractivity contribution in [1.82, 2.24) is 9.47 Å². The SMILES string of the molecule is COc1ccc([C@@H]2c3cccn3-c3ccccc3CN2C(=O)Nc2ccc(C)c(F)c2)cc1OC. The van der Waals surface area contributed by atoms with Gasteiger partial charge in [0.2, 0.25) is 0 Å². The molecule has 0 saturated carbocycles. The molecule has 1 aliphatic heterocycles. The Balaban J connectivity index is 1.64. The lowest BCUT2D eigenvalue weighted by atomic mass is 10.0. The molecule has 0 fully saturated rings. The first-order chi connectivity index (χ1) is 17.0. The van der Waals surface area contributed by atoms with Crippen molar-refractivity contribution in [3.05, 3.63) is 107 Å². The molecular weight excluding hydrogens is 445 g/mol. The zero-order valence-electron chi connectivity index (χ0n) is 19.8. The number of halogens is 1. The molecule has 7 heteroatoms. The highest BCUT2D eigenvalue weighted by molar-refractivity contribution is 5.90. The number of para-hydroxylation sites is 1. The number of urea groups is 1. The predicted octanol–water partition coefficient (Wildman–Crippen LogP) is 6.08. The number of ether oxygens (including phenoxy) is 2. The summed E-state index contributed by atoms with van der Waals surface area (Å²) in [6.45, 7) is 2.05. The first-order valence-electron chi connectivity index (χ1n) is 11.3. The van der Waals surface area contributed by atoms with Gasteiger partial charge in [-0.15, -0.1) is 0 Å². The number of amides is 2. The van der Waals surface area contributed by atoms with E-state index in [2.05, 4.69) is 9.88 Å². The van der Waals surface area contributed by atoms with E-state index in [0.29, 0.717) is 29.3 Å². The van der Waals surface area contributed by atoms with Gasteiger partial charge >= 0.3 is 6.03 Å². The van der Waals surface area contributed by atoms with Gasteiger partial charge in [-0.2, -0.15) is 0 Å². The molecule has 0 aliphatic carbocycles. The smallest absolute Gasteiger partial charge is 0.322 e. The third-order valence-electron chi connectivity index (χ3n) is 6.37. The van der Waals surface area contributed by atoms with Crippen LogP contribution in [-0.4, -0.2) is 29.7 Å². The van der Waals surface area contributed by atoms with Crippen LogP contribution >= 0.6 is 0 Å². The summed E-state index contributed by atoms with van der Waals surface area (Å²) in [5.41, 5.74) is 4.71. The van der Waals surface area contributed by atoms with Crippen LogP contribution in [0.5, 0.6) is 11.5 Å². The second-order valence-corrected chi connectivity index (χ2v) is 8.47. The van der Waals surface area contributed by atoms with Crippen molar-refractivity contribution in [2.45, 2.75) is 19.5 Å². The number of carbonyl (C=O) groups is 1. The summed E-state index contributed by atoms with van der Waals surface area (Å²) in [6.07, 6.45) is 2.00. The number of carbonyl (C=O) groups excluding carboxylic acids is 1. The van der Waals surface area contributed by atoms with Crippen LogP contribution in [0.25, 0.3) is 5.69 Å². The molecule has 5 rings (SSSR count). The maximum Gasteiger partial charge on any atom is 0.322 e. The summed E-state index contributed by atoms with van der Waals surface area (Å²) >= 11 is 0. The van der Waals surface area contributed by atoms with Crippen LogP contribution in [0.1, 0.15) is 28.4 Å². The Morgan fingerprint density at radius 1 is 0.971 bits per heavy atom. The van der Waals surface area contributed by atoms with Gasteiger partial charge in [0.05, 0.1) is 32.5 Å². The van der Waals surface area contributed by atoms with Gasteiger partial charge < -0.3 is 24.3 Å². The molecule has 1 N–H and O–H groups in total. The molecule has 0 radical (unpaired) electrons. The van der Waals surface area contributed by atoms with Crippen LogP contribution in [0, 0.1) is 12.7 Å². The molecule has 0 bridgehead atoms. The molecule has 0 saturated heterocycles. The van der Waals surface area contributed by atoms with Crippen molar-refractivity contribution in [1.29, 1.82) is 0 Å². The van der Waals surface area contributed by atoms with Crippen molar-refractivity contribution in [3.63, 3.8) is 0 Å². The van der Waals surface area contributed by atoms with Gasteiger partial charge in [-0.1, -0.05) is 30.3 Å². The van der Waals surface area contributed by atoms with E-state index in [-0.39, 0.29) is 11.8 Å². The minimum Gasteiger partial charge on any atom is -0.493 e. The van der Waals surface area contributed by atoms with Gasteiger partial charge in [0.1, 0.15) is 5.82 Å². The summed E-state index contributed by atoms with van der Waals surface area (Å²) in [4.78, 5) is 15.5. The quantitative estimate of drug-likeness (QED) is 0.393. The molecule has 2 amide bonds. The third-order valence-corrected chi connectivity index (χ3v) is 6.37. The van der Waals surface area contributed by atoms with Gasteiger partial charge in [-0.05, 0) is 66.1 Å². The lowest BCUT2D eigenvalue weighted by molar-refractivity contribution is 0.194. The van der Waals surface area contributed by atoms with Gasteiger partial charge in [0, 0.05) is 17.6 Å². The molecular formula is C28H26FN3O3. The Bertz CT molecular complexity index is 1400. The number of benzene rings is 3. The average Bonchev–Trinajstić information content (AvgIpc) is 3.30. The molecule has 0 unspecified atom stereocenters. The number of aromatic nitrogens is 1. The normalized spacial score (nSPS) is 14.5. The van der Waals surface area contributed by atoms with Crippen molar-refractivity contribution in [2.75, 3.05) is 19.5 Å². The van der Waals surface area contributed by atoms with Crippen molar-refractivity contribution in [2.24, 2.45) is 0 Å². The molecule has 2 heterocycles. The Morgan fingerprint density at radius 3 is 2.54 bits per heavy atom. The molecule has 6 nitrogen and oxygen atoms in total. The Morgan fingerprint density at radius 2 is 1.77 bits per heavy atom. The number of hydrogen-bond acceptors (Lipinski definition) is 3. The fourth-order valence-electron chi connectivity index (χ4n) is 4.58. The fraction of sp³-hybridized carbons (Fsp3) is 0.179. The predicted molar refractivity (Wildman–Crippen MR) is 133 cm³/mol. The Kier molecular flexibility index (Phi) is 5.91. The van der Waals surface area contributed by atoms with E-state index >= 15 is 0 Å². The van der Waals surface area contributed by atoms with Crippen LogP contribution in [0.3, 0.4) is 0 Å². The molecule has 0 spiro atoms. The van der Waals surface area contributed by atoms with Crippen molar-refractivity contribution >= 4 is 11.7 Å². The second-order valence-electron chi connectivity index (χ2n) is 8.47. The minimum absolute atomic E-state index is 0.336. The Hall–Kier alpha value is -4.26. The monoisotopic (exact) mass is 471 g/mol. The van der Waals surface area contributed by atoms with Gasteiger partial charge in [-0.25, -0.2) is 9.18 Å². The maximum atomic E-state index is 14.2. The zero-order chi connectivity index (χ0) is 24.5. The summed E-state index contributed by atoms with van der Waals surface area (Å²) in [5, 5.41) is 2.89. The fourth-order valence-corrected chi connectivity index (χ4v) is 4.58. The summed E-state index contributed by atoms with van der Waals surface area (Å²) in [5.74, 6) is 0.815. The highest BCUT2D eigenvalue weighted by atomic mass is 19.1. The maximum absolute atomic E-state index is 14.2. The van der Waals surface area contributed by atoms with E-state index in [4.69, 9.17) is 9.47 Å². The number of methoxy groups -OCH3 is 2. The van der Waals surface area contributed by atoms with E-state index in [1.165, 1.54) is 6.07 Å². The molecule has 1 atom stereocenters. The van der Waals surface area contributed by atoms with Gasteiger partial charge in [0.15, 0.2) is 11.5 Å². The number of anilines is 1. The van der Waals surface area contributed by atoms with Crippen molar-refractivity contribution < 1.29 is 18.7 Å². The standard InChI is InChI=1S/C28H26FN3O3/c1-18-10-12-21(16-22(18)29)30-28(33)32-17-20-7-4-5-8-23(20)31-14-6-9-24(31)27(32)19-11-13-25(34-2)26(15-19)35-3/h4-16,27H,17H2,1-3H3,(H,30,33)/t27-/m1/s1. The molecule has 178 valence electrons.